The summed E-state index contributed by atoms with van der Waals surface area (Å²) >= 11 is 0. The first-order valence-electron chi connectivity index (χ1n) is 6.66. The highest BCUT2D eigenvalue weighted by Gasteiger charge is 2.17. The van der Waals surface area contributed by atoms with Crippen LogP contribution in [-0.2, 0) is 16.0 Å². The number of hydrogen-bond acceptors (Lipinski definition) is 3. The summed E-state index contributed by atoms with van der Waals surface area (Å²) in [6, 6.07) is 5.52. The molecular weight excluding hydrogens is 256 g/mol. The zero-order chi connectivity index (χ0) is 14.7. The number of esters is 1. The fourth-order valence-electron chi connectivity index (χ4n) is 2.27. The van der Waals surface area contributed by atoms with E-state index in [4.69, 9.17) is 4.74 Å². The van der Waals surface area contributed by atoms with Crippen molar-refractivity contribution >= 4 is 28.5 Å². The largest absolute Gasteiger partial charge is 0.461 e. The molecule has 0 spiro atoms. The van der Waals surface area contributed by atoms with Gasteiger partial charge < -0.3 is 15.0 Å². The Hall–Kier alpha value is -2.30. The molecule has 106 valence electrons. The lowest BCUT2D eigenvalue weighted by Crippen LogP contribution is -2.07. The Kier molecular flexibility index (Phi) is 4.08. The van der Waals surface area contributed by atoms with E-state index in [9.17, 15) is 9.59 Å². The van der Waals surface area contributed by atoms with Gasteiger partial charge in [-0.2, -0.15) is 0 Å². The lowest BCUT2D eigenvalue weighted by molar-refractivity contribution is -0.114. The molecule has 2 aromatic rings. The fraction of sp³-hybridized carbons (Fsp3) is 0.333. The van der Waals surface area contributed by atoms with Crippen LogP contribution in [0.25, 0.3) is 10.9 Å². The van der Waals surface area contributed by atoms with Gasteiger partial charge in [-0.3, -0.25) is 4.79 Å². The second kappa shape index (κ2) is 5.77. The lowest BCUT2D eigenvalue weighted by Gasteiger charge is -2.03. The zero-order valence-electron chi connectivity index (χ0n) is 11.9. The second-order valence-electron chi connectivity index (χ2n) is 4.49. The van der Waals surface area contributed by atoms with Gasteiger partial charge in [0.05, 0.1) is 6.61 Å². The van der Waals surface area contributed by atoms with Crippen molar-refractivity contribution in [3.63, 3.8) is 0 Å². The van der Waals surface area contributed by atoms with Gasteiger partial charge in [0, 0.05) is 23.5 Å². The number of carbonyl (C=O) groups excluding carboxylic acids is 2. The summed E-state index contributed by atoms with van der Waals surface area (Å²) in [7, 11) is 0. The van der Waals surface area contributed by atoms with E-state index in [1.807, 2.05) is 19.1 Å². The Bertz CT molecular complexity index is 658. The molecule has 0 aliphatic carbocycles. The van der Waals surface area contributed by atoms with Crippen molar-refractivity contribution in [1.29, 1.82) is 0 Å². The molecule has 0 saturated carbocycles. The van der Waals surface area contributed by atoms with Gasteiger partial charge in [-0.1, -0.05) is 6.92 Å². The predicted octanol–water partition coefficient (Wildman–Crippen LogP) is 2.87. The van der Waals surface area contributed by atoms with Crippen molar-refractivity contribution in [2.75, 3.05) is 11.9 Å². The minimum atomic E-state index is -0.346. The summed E-state index contributed by atoms with van der Waals surface area (Å²) < 4.78 is 5.05. The smallest absolute Gasteiger partial charge is 0.355 e. The molecule has 0 fully saturated rings. The first-order valence-corrected chi connectivity index (χ1v) is 6.66. The first kappa shape index (κ1) is 14.1. The number of aryl methyl sites for hydroxylation is 1. The highest BCUT2D eigenvalue weighted by Crippen LogP contribution is 2.26. The van der Waals surface area contributed by atoms with Crippen molar-refractivity contribution in [3.05, 3.63) is 29.5 Å². The van der Waals surface area contributed by atoms with E-state index in [1.165, 1.54) is 6.92 Å². The summed E-state index contributed by atoms with van der Waals surface area (Å²) in [5.41, 5.74) is 2.98. The third-order valence-corrected chi connectivity index (χ3v) is 3.06. The van der Waals surface area contributed by atoms with Crippen molar-refractivity contribution < 1.29 is 14.3 Å². The molecule has 1 aromatic carbocycles. The number of amides is 1. The van der Waals surface area contributed by atoms with Gasteiger partial charge in [0.1, 0.15) is 5.69 Å². The SMILES string of the molecule is CCOC(=O)c1[nH]c2ccc(NC(C)=O)cc2c1CC. The number of benzene rings is 1. The molecule has 5 nitrogen and oxygen atoms in total. The number of aromatic nitrogens is 1. The normalized spacial score (nSPS) is 10.6. The minimum absolute atomic E-state index is 0.122. The molecule has 0 aliphatic heterocycles. The van der Waals surface area contributed by atoms with E-state index >= 15 is 0 Å². The summed E-state index contributed by atoms with van der Waals surface area (Å²) in [5.74, 6) is -0.467. The Morgan fingerprint density at radius 1 is 1.30 bits per heavy atom. The molecule has 1 amide bonds. The van der Waals surface area contributed by atoms with Crippen molar-refractivity contribution in [1.82, 2.24) is 4.98 Å². The zero-order valence-corrected chi connectivity index (χ0v) is 11.9. The van der Waals surface area contributed by atoms with Crippen LogP contribution in [0.2, 0.25) is 0 Å². The van der Waals surface area contributed by atoms with E-state index in [-0.39, 0.29) is 11.9 Å². The van der Waals surface area contributed by atoms with Crippen LogP contribution in [0, 0.1) is 0 Å². The second-order valence-corrected chi connectivity index (χ2v) is 4.49. The summed E-state index contributed by atoms with van der Waals surface area (Å²) in [4.78, 5) is 26.1. The molecule has 1 heterocycles. The maximum Gasteiger partial charge on any atom is 0.355 e. The van der Waals surface area contributed by atoms with Crippen molar-refractivity contribution in [3.8, 4) is 0 Å². The quantitative estimate of drug-likeness (QED) is 0.842. The van der Waals surface area contributed by atoms with E-state index in [2.05, 4.69) is 10.3 Å². The molecule has 0 saturated heterocycles. The molecule has 0 unspecified atom stereocenters. The van der Waals surface area contributed by atoms with Crippen LogP contribution in [0.5, 0.6) is 0 Å². The fourth-order valence-corrected chi connectivity index (χ4v) is 2.27. The molecule has 0 radical (unpaired) electrons. The Morgan fingerprint density at radius 3 is 2.65 bits per heavy atom. The van der Waals surface area contributed by atoms with E-state index in [0.29, 0.717) is 24.4 Å². The van der Waals surface area contributed by atoms with Gasteiger partial charge in [0.25, 0.3) is 0 Å². The molecular formula is C15H18N2O3. The Morgan fingerprint density at radius 2 is 2.05 bits per heavy atom. The van der Waals surface area contributed by atoms with Crippen molar-refractivity contribution in [2.45, 2.75) is 27.2 Å². The topological polar surface area (TPSA) is 71.2 Å². The summed E-state index contributed by atoms with van der Waals surface area (Å²) in [6.45, 7) is 5.57. The maximum absolute atomic E-state index is 11.9. The van der Waals surface area contributed by atoms with Gasteiger partial charge >= 0.3 is 5.97 Å². The summed E-state index contributed by atoms with van der Waals surface area (Å²) in [6.07, 6.45) is 0.706. The number of H-pyrrole nitrogens is 1. The summed E-state index contributed by atoms with van der Waals surface area (Å²) in [5, 5.41) is 3.68. The Balaban J connectivity index is 2.51. The molecule has 0 bridgehead atoms. The van der Waals surface area contributed by atoms with Crippen LogP contribution in [-0.4, -0.2) is 23.5 Å². The predicted molar refractivity (Wildman–Crippen MR) is 77.9 cm³/mol. The van der Waals surface area contributed by atoms with E-state index in [1.54, 1.807) is 13.0 Å². The van der Waals surface area contributed by atoms with Crippen LogP contribution in [0.4, 0.5) is 5.69 Å². The average molecular weight is 274 g/mol. The molecule has 2 rings (SSSR count). The van der Waals surface area contributed by atoms with Crippen LogP contribution in [0.3, 0.4) is 0 Å². The van der Waals surface area contributed by atoms with Crippen LogP contribution < -0.4 is 5.32 Å². The maximum atomic E-state index is 11.9. The van der Waals surface area contributed by atoms with Crippen molar-refractivity contribution in [2.24, 2.45) is 0 Å². The molecule has 20 heavy (non-hydrogen) atoms. The minimum Gasteiger partial charge on any atom is -0.461 e. The number of aromatic amines is 1. The van der Waals surface area contributed by atoms with E-state index < -0.39 is 0 Å². The highest BCUT2D eigenvalue weighted by molar-refractivity contribution is 6.00. The van der Waals surface area contributed by atoms with E-state index in [0.717, 1.165) is 16.5 Å². The number of hydrogen-bond donors (Lipinski definition) is 2. The van der Waals surface area contributed by atoms with Crippen LogP contribution in [0.1, 0.15) is 36.8 Å². The first-order chi connectivity index (χ1) is 9.56. The van der Waals surface area contributed by atoms with Crippen LogP contribution >= 0.6 is 0 Å². The number of fused-ring (bicyclic) bond motifs is 1. The van der Waals surface area contributed by atoms with Gasteiger partial charge in [0.15, 0.2) is 0 Å². The lowest BCUT2D eigenvalue weighted by atomic mass is 10.1. The molecule has 5 heteroatoms. The third-order valence-electron chi connectivity index (χ3n) is 3.06. The molecule has 1 aromatic heterocycles. The average Bonchev–Trinajstić information content (AvgIpc) is 2.76. The third kappa shape index (κ3) is 2.66. The van der Waals surface area contributed by atoms with Gasteiger partial charge in [-0.05, 0) is 37.1 Å². The Labute approximate surface area is 117 Å². The molecule has 0 aliphatic rings. The molecule has 2 N–H and O–H groups in total. The number of anilines is 1. The van der Waals surface area contributed by atoms with Gasteiger partial charge in [0.2, 0.25) is 5.91 Å². The molecule has 0 atom stereocenters. The monoisotopic (exact) mass is 274 g/mol. The highest BCUT2D eigenvalue weighted by atomic mass is 16.5. The number of nitrogens with one attached hydrogen (secondary N) is 2. The number of ether oxygens (including phenoxy) is 1. The van der Waals surface area contributed by atoms with Gasteiger partial charge in [-0.25, -0.2) is 4.79 Å². The number of carbonyl (C=O) groups is 2. The van der Waals surface area contributed by atoms with Crippen LogP contribution in [0.15, 0.2) is 18.2 Å². The standard InChI is InChI=1S/C15H18N2O3/c1-4-11-12-8-10(16-9(3)18)6-7-13(12)17-14(11)15(19)20-5-2/h6-8,17H,4-5H2,1-3H3,(H,16,18). The van der Waals surface area contributed by atoms with Gasteiger partial charge in [-0.15, -0.1) is 0 Å². The number of rotatable bonds is 4.